The Hall–Kier alpha value is -1.24. The number of ether oxygens (including phenoxy) is 2. The Morgan fingerprint density at radius 3 is 2.95 bits per heavy atom. The van der Waals surface area contributed by atoms with Crippen molar-refractivity contribution in [2.75, 3.05) is 26.0 Å². The number of aromatic nitrogens is 1. The van der Waals surface area contributed by atoms with E-state index in [9.17, 15) is 0 Å². The van der Waals surface area contributed by atoms with E-state index >= 15 is 0 Å². The highest BCUT2D eigenvalue weighted by Gasteiger charge is 2.16. The highest BCUT2D eigenvalue weighted by Crippen LogP contribution is 2.34. The predicted octanol–water partition coefficient (Wildman–Crippen LogP) is 3.36. The minimum absolute atomic E-state index is 0.260. The third kappa shape index (κ3) is 3.70. The summed E-state index contributed by atoms with van der Waals surface area (Å²) in [5, 5.41) is 5.37. The lowest BCUT2D eigenvalue weighted by Crippen LogP contribution is -2.18. The fourth-order valence-electron chi connectivity index (χ4n) is 2.18. The molecule has 1 aromatic carbocycles. The minimum atomic E-state index is 0.260. The number of thioether (sulfide) groups is 1. The molecular formula is C15H18N2O2S2. The Bertz CT molecular complexity index is 575. The van der Waals surface area contributed by atoms with E-state index in [1.165, 1.54) is 5.56 Å². The van der Waals surface area contributed by atoms with E-state index in [0.717, 1.165) is 34.6 Å². The molecule has 0 spiro atoms. The molecule has 1 aliphatic rings. The van der Waals surface area contributed by atoms with E-state index < -0.39 is 0 Å². The molecule has 4 nitrogen and oxygen atoms in total. The van der Waals surface area contributed by atoms with Crippen LogP contribution in [-0.2, 0) is 0 Å². The summed E-state index contributed by atoms with van der Waals surface area (Å²) in [6.45, 7) is 1.44. The van der Waals surface area contributed by atoms with Gasteiger partial charge >= 0.3 is 0 Å². The molecule has 1 aromatic heterocycles. The van der Waals surface area contributed by atoms with Crippen molar-refractivity contribution in [2.45, 2.75) is 16.8 Å². The summed E-state index contributed by atoms with van der Waals surface area (Å²) >= 11 is 3.44. The molecule has 0 bridgehead atoms. The molecule has 1 N–H and O–H groups in total. The molecule has 0 saturated heterocycles. The molecular weight excluding hydrogens is 304 g/mol. The van der Waals surface area contributed by atoms with E-state index in [-0.39, 0.29) is 6.04 Å². The maximum atomic E-state index is 5.76. The average molecular weight is 322 g/mol. The number of nitrogens with one attached hydrogen (secondary N) is 1. The number of benzene rings is 1. The molecule has 1 atom stereocenters. The van der Waals surface area contributed by atoms with Crippen LogP contribution in [0.2, 0.25) is 0 Å². The van der Waals surface area contributed by atoms with Gasteiger partial charge < -0.3 is 14.8 Å². The van der Waals surface area contributed by atoms with Crippen LogP contribution in [0.3, 0.4) is 0 Å². The van der Waals surface area contributed by atoms with Crippen LogP contribution >= 0.6 is 23.1 Å². The highest BCUT2D eigenvalue weighted by molar-refractivity contribution is 8.01. The number of hydrogen-bond acceptors (Lipinski definition) is 6. The molecule has 21 heavy (non-hydrogen) atoms. The highest BCUT2D eigenvalue weighted by atomic mass is 32.2. The van der Waals surface area contributed by atoms with Gasteiger partial charge in [-0.1, -0.05) is 17.8 Å². The molecule has 0 fully saturated rings. The maximum absolute atomic E-state index is 5.76. The molecule has 1 unspecified atom stereocenters. The first-order chi connectivity index (χ1) is 10.4. The van der Waals surface area contributed by atoms with Crippen LogP contribution in [0.1, 0.15) is 18.0 Å². The van der Waals surface area contributed by atoms with Gasteiger partial charge in [0.25, 0.3) is 0 Å². The zero-order valence-corrected chi connectivity index (χ0v) is 13.5. The van der Waals surface area contributed by atoms with Crippen LogP contribution in [-0.4, -0.2) is 31.0 Å². The van der Waals surface area contributed by atoms with Crippen molar-refractivity contribution >= 4 is 23.1 Å². The van der Waals surface area contributed by atoms with Gasteiger partial charge in [0.2, 0.25) is 0 Å². The number of nitrogens with zero attached hydrogens (tertiary/aromatic N) is 1. The fourth-order valence-corrected chi connectivity index (χ4v) is 3.99. The Labute approximate surface area is 132 Å². The number of thiazole rings is 1. The molecule has 6 heteroatoms. The SMILES string of the molecule is CNC(CSc1nccs1)c1ccc2c(c1)OCCCO2. The van der Waals surface area contributed by atoms with E-state index in [1.807, 2.05) is 24.7 Å². The van der Waals surface area contributed by atoms with E-state index in [1.54, 1.807) is 23.1 Å². The van der Waals surface area contributed by atoms with Crippen LogP contribution < -0.4 is 14.8 Å². The summed E-state index contributed by atoms with van der Waals surface area (Å²) in [6, 6.07) is 6.46. The summed E-state index contributed by atoms with van der Waals surface area (Å²) in [7, 11) is 1.98. The Morgan fingerprint density at radius 2 is 2.19 bits per heavy atom. The van der Waals surface area contributed by atoms with Crippen molar-refractivity contribution in [3.05, 3.63) is 35.3 Å². The van der Waals surface area contributed by atoms with Crippen LogP contribution in [0.25, 0.3) is 0 Å². The van der Waals surface area contributed by atoms with Crippen LogP contribution in [0.15, 0.2) is 34.1 Å². The van der Waals surface area contributed by atoms with Gasteiger partial charge in [-0.15, -0.1) is 11.3 Å². The van der Waals surface area contributed by atoms with Gasteiger partial charge in [0.05, 0.1) is 13.2 Å². The van der Waals surface area contributed by atoms with Gasteiger partial charge in [0.15, 0.2) is 11.5 Å². The van der Waals surface area contributed by atoms with E-state index in [0.29, 0.717) is 6.61 Å². The van der Waals surface area contributed by atoms with Crippen molar-refractivity contribution in [3.63, 3.8) is 0 Å². The van der Waals surface area contributed by atoms with Gasteiger partial charge in [-0.25, -0.2) is 4.98 Å². The first-order valence-electron chi connectivity index (χ1n) is 6.96. The summed E-state index contributed by atoms with van der Waals surface area (Å²) in [6.07, 6.45) is 2.77. The maximum Gasteiger partial charge on any atom is 0.161 e. The molecule has 2 aromatic rings. The second-order valence-electron chi connectivity index (χ2n) is 4.71. The molecule has 0 aliphatic carbocycles. The molecule has 2 heterocycles. The van der Waals surface area contributed by atoms with Crippen LogP contribution in [0.5, 0.6) is 11.5 Å². The lowest BCUT2D eigenvalue weighted by molar-refractivity contribution is 0.297. The summed E-state index contributed by atoms with van der Waals surface area (Å²) in [4.78, 5) is 4.31. The molecule has 0 radical (unpaired) electrons. The lowest BCUT2D eigenvalue weighted by Gasteiger charge is -2.17. The van der Waals surface area contributed by atoms with Gasteiger partial charge in [-0.05, 0) is 24.7 Å². The molecule has 3 rings (SSSR count). The van der Waals surface area contributed by atoms with Crippen molar-refractivity contribution in [1.82, 2.24) is 10.3 Å². The topological polar surface area (TPSA) is 43.4 Å². The average Bonchev–Trinajstić information content (AvgIpc) is 2.92. The van der Waals surface area contributed by atoms with Crippen molar-refractivity contribution in [1.29, 1.82) is 0 Å². The zero-order valence-electron chi connectivity index (χ0n) is 11.9. The largest absolute Gasteiger partial charge is 0.490 e. The smallest absolute Gasteiger partial charge is 0.161 e. The fraction of sp³-hybridized carbons (Fsp3) is 0.400. The number of hydrogen-bond donors (Lipinski definition) is 1. The number of rotatable bonds is 5. The third-order valence-corrected chi connectivity index (χ3v) is 5.36. The normalized spacial score (nSPS) is 15.5. The lowest BCUT2D eigenvalue weighted by atomic mass is 10.1. The van der Waals surface area contributed by atoms with Gasteiger partial charge in [0, 0.05) is 29.8 Å². The van der Waals surface area contributed by atoms with Crippen molar-refractivity contribution < 1.29 is 9.47 Å². The summed E-state index contributed by atoms with van der Waals surface area (Å²) in [5.41, 5.74) is 1.21. The Balaban J connectivity index is 1.72. The number of fused-ring (bicyclic) bond motifs is 1. The predicted molar refractivity (Wildman–Crippen MR) is 86.7 cm³/mol. The molecule has 112 valence electrons. The standard InChI is InChI=1S/C15H18N2O2S2/c1-16-12(10-21-15-17-5-8-20-15)11-3-4-13-14(9-11)19-7-2-6-18-13/h3-5,8-9,12,16H,2,6-7,10H2,1H3. The second kappa shape index (κ2) is 7.15. The third-order valence-electron chi connectivity index (χ3n) is 3.31. The quantitative estimate of drug-likeness (QED) is 0.855. The second-order valence-corrected chi connectivity index (χ2v) is 6.87. The minimum Gasteiger partial charge on any atom is -0.490 e. The zero-order chi connectivity index (χ0) is 14.5. The van der Waals surface area contributed by atoms with Crippen molar-refractivity contribution in [3.8, 4) is 11.5 Å². The monoisotopic (exact) mass is 322 g/mol. The van der Waals surface area contributed by atoms with Crippen molar-refractivity contribution in [2.24, 2.45) is 0 Å². The van der Waals surface area contributed by atoms with E-state index in [2.05, 4.69) is 22.4 Å². The Morgan fingerprint density at radius 1 is 1.33 bits per heavy atom. The first kappa shape index (κ1) is 14.7. The van der Waals surface area contributed by atoms with Crippen LogP contribution in [0, 0.1) is 0 Å². The van der Waals surface area contributed by atoms with Gasteiger partial charge in [-0.3, -0.25) is 0 Å². The van der Waals surface area contributed by atoms with E-state index in [4.69, 9.17) is 9.47 Å². The van der Waals surface area contributed by atoms with Gasteiger partial charge in [0.1, 0.15) is 4.34 Å². The molecule has 1 aliphatic heterocycles. The van der Waals surface area contributed by atoms with Gasteiger partial charge in [-0.2, -0.15) is 0 Å². The first-order valence-corrected chi connectivity index (χ1v) is 8.82. The molecule has 0 saturated carbocycles. The van der Waals surface area contributed by atoms with Crippen LogP contribution in [0.4, 0.5) is 0 Å². The molecule has 0 amide bonds. The Kier molecular flexibility index (Phi) is 5.00. The summed E-state index contributed by atoms with van der Waals surface area (Å²) in [5.74, 6) is 2.63. The summed E-state index contributed by atoms with van der Waals surface area (Å²) < 4.78 is 12.5.